The SMILES string of the molecule is CCCc1nc(N)cc(Nc2cccc(N(C)C)c2)n1. The van der Waals surface area contributed by atoms with Gasteiger partial charge in [-0.2, -0.15) is 0 Å². The van der Waals surface area contributed by atoms with Crippen LogP contribution in [-0.4, -0.2) is 24.1 Å². The van der Waals surface area contributed by atoms with Crippen LogP contribution >= 0.6 is 0 Å². The normalized spacial score (nSPS) is 10.3. The zero-order valence-corrected chi connectivity index (χ0v) is 12.2. The molecule has 0 aliphatic rings. The first-order valence-electron chi connectivity index (χ1n) is 6.76. The molecule has 0 atom stereocenters. The molecule has 0 aliphatic carbocycles. The summed E-state index contributed by atoms with van der Waals surface area (Å²) in [6.45, 7) is 2.10. The zero-order chi connectivity index (χ0) is 14.5. The fourth-order valence-electron chi connectivity index (χ4n) is 1.93. The van der Waals surface area contributed by atoms with Crippen LogP contribution in [0.15, 0.2) is 30.3 Å². The molecule has 1 heterocycles. The van der Waals surface area contributed by atoms with Crippen molar-refractivity contribution in [2.24, 2.45) is 0 Å². The molecule has 2 aromatic rings. The fourth-order valence-corrected chi connectivity index (χ4v) is 1.93. The van der Waals surface area contributed by atoms with Gasteiger partial charge in [0, 0.05) is 38.0 Å². The molecule has 1 aromatic carbocycles. The van der Waals surface area contributed by atoms with E-state index in [1.165, 1.54) is 0 Å². The van der Waals surface area contributed by atoms with E-state index in [0.29, 0.717) is 5.82 Å². The molecule has 0 amide bonds. The smallest absolute Gasteiger partial charge is 0.136 e. The lowest BCUT2D eigenvalue weighted by molar-refractivity contribution is 0.839. The molecule has 106 valence electrons. The van der Waals surface area contributed by atoms with Crippen molar-refractivity contribution in [3.8, 4) is 0 Å². The number of hydrogen-bond acceptors (Lipinski definition) is 5. The van der Waals surface area contributed by atoms with Gasteiger partial charge in [0.25, 0.3) is 0 Å². The van der Waals surface area contributed by atoms with E-state index in [2.05, 4.69) is 39.2 Å². The lowest BCUT2D eigenvalue weighted by Gasteiger charge is -2.14. The first-order chi connectivity index (χ1) is 9.58. The number of nitrogens with two attached hydrogens (primary N) is 1. The Morgan fingerprint density at radius 2 is 2.00 bits per heavy atom. The third kappa shape index (κ3) is 3.60. The fraction of sp³-hybridized carbons (Fsp3) is 0.333. The number of rotatable bonds is 5. The van der Waals surface area contributed by atoms with Gasteiger partial charge < -0.3 is 16.0 Å². The van der Waals surface area contributed by atoms with Gasteiger partial charge >= 0.3 is 0 Å². The maximum absolute atomic E-state index is 5.82. The van der Waals surface area contributed by atoms with E-state index < -0.39 is 0 Å². The van der Waals surface area contributed by atoms with E-state index in [1.54, 1.807) is 6.07 Å². The van der Waals surface area contributed by atoms with Crippen molar-refractivity contribution in [3.05, 3.63) is 36.2 Å². The van der Waals surface area contributed by atoms with E-state index in [4.69, 9.17) is 5.73 Å². The maximum Gasteiger partial charge on any atom is 0.136 e. The predicted molar refractivity (Wildman–Crippen MR) is 84.5 cm³/mol. The van der Waals surface area contributed by atoms with Gasteiger partial charge in [0.1, 0.15) is 17.5 Å². The van der Waals surface area contributed by atoms with Crippen molar-refractivity contribution in [1.29, 1.82) is 0 Å². The number of nitrogen functional groups attached to an aromatic ring is 1. The molecule has 0 radical (unpaired) electrons. The van der Waals surface area contributed by atoms with Crippen molar-refractivity contribution in [1.82, 2.24) is 9.97 Å². The average molecular weight is 271 g/mol. The first kappa shape index (κ1) is 14.1. The lowest BCUT2D eigenvalue weighted by Crippen LogP contribution is -2.09. The number of anilines is 4. The average Bonchev–Trinajstić information content (AvgIpc) is 2.38. The first-order valence-corrected chi connectivity index (χ1v) is 6.76. The van der Waals surface area contributed by atoms with E-state index >= 15 is 0 Å². The number of hydrogen-bond donors (Lipinski definition) is 2. The van der Waals surface area contributed by atoms with Crippen LogP contribution in [0.25, 0.3) is 0 Å². The Labute approximate surface area is 119 Å². The Morgan fingerprint density at radius 3 is 2.70 bits per heavy atom. The summed E-state index contributed by atoms with van der Waals surface area (Å²) in [6.07, 6.45) is 1.83. The largest absolute Gasteiger partial charge is 0.384 e. The summed E-state index contributed by atoms with van der Waals surface area (Å²) in [4.78, 5) is 10.8. The Kier molecular flexibility index (Phi) is 4.40. The Hall–Kier alpha value is -2.30. The van der Waals surface area contributed by atoms with E-state index in [-0.39, 0.29) is 0 Å². The van der Waals surface area contributed by atoms with E-state index in [0.717, 1.165) is 35.9 Å². The lowest BCUT2D eigenvalue weighted by atomic mass is 10.2. The molecular formula is C15H21N5. The highest BCUT2D eigenvalue weighted by Gasteiger charge is 2.04. The minimum atomic E-state index is 0.495. The van der Waals surface area contributed by atoms with Crippen LogP contribution in [0, 0.1) is 0 Å². The summed E-state index contributed by atoms with van der Waals surface area (Å²) < 4.78 is 0. The summed E-state index contributed by atoms with van der Waals surface area (Å²) in [6, 6.07) is 9.89. The number of aryl methyl sites for hydroxylation is 1. The summed E-state index contributed by atoms with van der Waals surface area (Å²) in [7, 11) is 4.03. The Bertz CT molecular complexity index is 580. The predicted octanol–water partition coefficient (Wildman–Crippen LogP) is 2.82. The van der Waals surface area contributed by atoms with E-state index in [1.807, 2.05) is 26.2 Å². The second-order valence-corrected chi connectivity index (χ2v) is 4.91. The van der Waals surface area contributed by atoms with Crippen molar-refractivity contribution < 1.29 is 0 Å². The van der Waals surface area contributed by atoms with Crippen molar-refractivity contribution in [2.75, 3.05) is 30.0 Å². The molecule has 1 aromatic heterocycles. The van der Waals surface area contributed by atoms with E-state index in [9.17, 15) is 0 Å². The van der Waals surface area contributed by atoms with Crippen LogP contribution in [0.3, 0.4) is 0 Å². The van der Waals surface area contributed by atoms with Gasteiger partial charge in [0.2, 0.25) is 0 Å². The molecule has 0 saturated carbocycles. The van der Waals surface area contributed by atoms with Gasteiger partial charge in [0.15, 0.2) is 0 Å². The summed E-state index contributed by atoms with van der Waals surface area (Å²) in [5.41, 5.74) is 7.94. The number of nitrogens with zero attached hydrogens (tertiary/aromatic N) is 3. The molecule has 0 aliphatic heterocycles. The monoisotopic (exact) mass is 271 g/mol. The van der Waals surface area contributed by atoms with Crippen LogP contribution in [0.4, 0.5) is 23.0 Å². The van der Waals surface area contributed by atoms with Crippen molar-refractivity contribution in [3.63, 3.8) is 0 Å². The molecule has 0 spiro atoms. The Balaban J connectivity index is 2.23. The second kappa shape index (κ2) is 6.23. The molecule has 0 fully saturated rings. The zero-order valence-electron chi connectivity index (χ0n) is 12.2. The molecule has 0 bridgehead atoms. The van der Waals surface area contributed by atoms with Gasteiger partial charge in [-0.3, -0.25) is 0 Å². The topological polar surface area (TPSA) is 67.1 Å². The molecule has 3 N–H and O–H groups in total. The molecule has 20 heavy (non-hydrogen) atoms. The summed E-state index contributed by atoms with van der Waals surface area (Å²) in [5.74, 6) is 2.00. The standard InChI is InChI=1S/C15H21N5/c1-4-6-14-18-13(16)10-15(19-14)17-11-7-5-8-12(9-11)20(2)3/h5,7-10H,4,6H2,1-3H3,(H3,16,17,18,19). The van der Waals surface area contributed by atoms with Gasteiger partial charge in [-0.25, -0.2) is 9.97 Å². The van der Waals surface area contributed by atoms with Gasteiger partial charge in [-0.1, -0.05) is 13.0 Å². The minimum Gasteiger partial charge on any atom is -0.384 e. The molecule has 0 saturated heterocycles. The van der Waals surface area contributed by atoms with Crippen molar-refractivity contribution in [2.45, 2.75) is 19.8 Å². The third-order valence-corrected chi connectivity index (χ3v) is 2.90. The highest BCUT2D eigenvalue weighted by molar-refractivity contribution is 5.64. The molecule has 2 rings (SSSR count). The van der Waals surface area contributed by atoms with Gasteiger partial charge in [-0.15, -0.1) is 0 Å². The van der Waals surface area contributed by atoms with Crippen LogP contribution in [0.1, 0.15) is 19.2 Å². The Morgan fingerprint density at radius 1 is 1.20 bits per heavy atom. The van der Waals surface area contributed by atoms with Gasteiger partial charge in [-0.05, 0) is 24.6 Å². The van der Waals surface area contributed by atoms with Crippen LogP contribution in [0.2, 0.25) is 0 Å². The van der Waals surface area contributed by atoms with Gasteiger partial charge in [0.05, 0.1) is 0 Å². The second-order valence-electron chi connectivity index (χ2n) is 4.91. The van der Waals surface area contributed by atoms with Crippen LogP contribution in [0.5, 0.6) is 0 Å². The molecular weight excluding hydrogens is 250 g/mol. The molecule has 5 heteroatoms. The maximum atomic E-state index is 5.82. The number of aromatic nitrogens is 2. The molecule has 0 unspecified atom stereocenters. The number of nitrogens with one attached hydrogen (secondary N) is 1. The minimum absolute atomic E-state index is 0.495. The van der Waals surface area contributed by atoms with Crippen molar-refractivity contribution >= 4 is 23.0 Å². The molecule has 5 nitrogen and oxygen atoms in total. The number of benzene rings is 1. The quantitative estimate of drug-likeness (QED) is 0.875. The van der Waals surface area contributed by atoms with Crippen LogP contribution in [-0.2, 0) is 6.42 Å². The highest BCUT2D eigenvalue weighted by Crippen LogP contribution is 2.21. The third-order valence-electron chi connectivity index (χ3n) is 2.90. The van der Waals surface area contributed by atoms with Crippen LogP contribution < -0.4 is 16.0 Å². The summed E-state index contributed by atoms with van der Waals surface area (Å²) >= 11 is 0. The highest BCUT2D eigenvalue weighted by atomic mass is 15.1. The summed E-state index contributed by atoms with van der Waals surface area (Å²) in [5, 5.41) is 3.28.